The van der Waals surface area contributed by atoms with Crippen molar-refractivity contribution in [2.45, 2.75) is 57.8 Å². The Morgan fingerprint density at radius 2 is 1.51 bits per heavy atom. The smallest absolute Gasteiger partial charge is 0.301 e. The molecule has 4 aromatic rings. The number of carbonyl (C=O) groups excluding carboxylic acids is 3. The van der Waals surface area contributed by atoms with Crippen LogP contribution in [0.4, 0.5) is 11.4 Å². The van der Waals surface area contributed by atoms with Gasteiger partial charge in [-0.1, -0.05) is 46.3 Å². The van der Waals surface area contributed by atoms with Crippen molar-refractivity contribution in [2.24, 2.45) is 0 Å². The number of aromatic nitrogens is 1. The number of anilines is 1. The molecule has 17 heteroatoms. The van der Waals surface area contributed by atoms with Crippen LogP contribution in [-0.4, -0.2) is 67.8 Å². The first-order valence-corrected chi connectivity index (χ1v) is 19.9. The molecule has 0 saturated carbocycles. The van der Waals surface area contributed by atoms with Crippen LogP contribution in [0.25, 0.3) is 0 Å². The molecule has 290 valence electrons. The molecule has 55 heavy (non-hydrogen) atoms. The van der Waals surface area contributed by atoms with E-state index in [0.29, 0.717) is 17.7 Å². The quantitative estimate of drug-likeness (QED) is 0.0845. The highest BCUT2D eigenvalue weighted by atomic mass is 79.9. The predicted octanol–water partition coefficient (Wildman–Crippen LogP) is 4.48. The number of rotatable bonds is 15. The van der Waals surface area contributed by atoms with E-state index in [1.807, 2.05) is 43.3 Å². The van der Waals surface area contributed by atoms with E-state index in [2.05, 4.69) is 46.9 Å². The molecule has 3 aromatic carbocycles. The monoisotopic (exact) mass is 834 g/mol. The van der Waals surface area contributed by atoms with Crippen LogP contribution in [0.15, 0.2) is 95.6 Å². The molecule has 2 heterocycles. The molecule has 0 unspecified atom stereocenters. The maximum Gasteiger partial charge on any atom is 0.301 e. The third-order valence-electron chi connectivity index (χ3n) is 9.10. The minimum absolute atomic E-state index is 0.0515. The lowest BCUT2D eigenvalue weighted by Gasteiger charge is -2.29. The van der Waals surface area contributed by atoms with E-state index in [4.69, 9.17) is 0 Å². The fourth-order valence-electron chi connectivity index (χ4n) is 5.95. The van der Waals surface area contributed by atoms with Crippen LogP contribution >= 0.6 is 15.9 Å². The van der Waals surface area contributed by atoms with Gasteiger partial charge >= 0.3 is 10.2 Å². The van der Waals surface area contributed by atoms with Crippen molar-refractivity contribution in [1.29, 1.82) is 0 Å². The van der Waals surface area contributed by atoms with Gasteiger partial charge in [0.1, 0.15) is 0 Å². The van der Waals surface area contributed by atoms with E-state index in [1.54, 1.807) is 38.2 Å². The van der Waals surface area contributed by atoms with E-state index in [-0.39, 0.29) is 54.5 Å². The zero-order chi connectivity index (χ0) is 39.7. The third-order valence-corrected chi connectivity index (χ3v) is 11.2. The number of nitro groups is 1. The fraction of sp³-hybridized carbons (Fsp3) is 0.316. The number of hydrogen-bond donors (Lipinski definition) is 5. The van der Waals surface area contributed by atoms with Gasteiger partial charge in [-0.25, -0.2) is 0 Å². The maximum absolute atomic E-state index is 14.0. The van der Waals surface area contributed by atoms with Crippen LogP contribution in [0.2, 0.25) is 0 Å². The van der Waals surface area contributed by atoms with Crippen molar-refractivity contribution >= 4 is 55.2 Å². The Morgan fingerprint density at radius 1 is 0.891 bits per heavy atom. The lowest BCUT2D eigenvalue weighted by atomic mass is 10.0. The average Bonchev–Trinajstić information content (AvgIpc) is 3.17. The van der Waals surface area contributed by atoms with Gasteiger partial charge in [0.15, 0.2) is 0 Å². The van der Waals surface area contributed by atoms with Crippen molar-refractivity contribution < 1.29 is 27.7 Å². The zero-order valence-electron chi connectivity index (χ0n) is 30.5. The van der Waals surface area contributed by atoms with Crippen LogP contribution in [0.5, 0.6) is 0 Å². The van der Waals surface area contributed by atoms with Crippen LogP contribution in [0.3, 0.4) is 0 Å². The second-order valence-corrected chi connectivity index (χ2v) is 15.8. The SMILES string of the molecule is C[C@H](NC[C@H](Cc1ccccn1)NC(=O)c1cc(C(=O)N[C@H](C)c2ccc(Br)cc2)cc(N2CCCNS2(=O)=O)c1)C(=O)N[C@H](C)c1ccc([N+](=O)[O-])cc1. The zero-order valence-corrected chi connectivity index (χ0v) is 32.9. The topological polar surface area (TPSA) is 205 Å². The average molecular weight is 836 g/mol. The number of pyridine rings is 1. The summed E-state index contributed by atoms with van der Waals surface area (Å²) >= 11 is 3.41. The summed E-state index contributed by atoms with van der Waals surface area (Å²) in [7, 11) is -3.92. The number of nitrogens with zero attached hydrogens (tertiary/aromatic N) is 3. The van der Waals surface area contributed by atoms with Gasteiger partial charge in [-0.2, -0.15) is 13.1 Å². The first kappa shape index (κ1) is 40.9. The summed E-state index contributed by atoms with van der Waals surface area (Å²) in [5.41, 5.74) is 2.49. The van der Waals surface area contributed by atoms with Gasteiger partial charge < -0.3 is 21.3 Å². The summed E-state index contributed by atoms with van der Waals surface area (Å²) in [4.78, 5) is 55.8. The van der Waals surface area contributed by atoms with Crippen molar-refractivity contribution in [1.82, 2.24) is 31.0 Å². The summed E-state index contributed by atoms with van der Waals surface area (Å²) in [5.74, 6) is -1.39. The highest BCUT2D eigenvalue weighted by Gasteiger charge is 2.28. The molecule has 0 spiro atoms. The molecule has 1 aliphatic rings. The lowest BCUT2D eigenvalue weighted by molar-refractivity contribution is -0.384. The van der Waals surface area contributed by atoms with Gasteiger partial charge in [0, 0.05) is 71.7 Å². The Labute approximate surface area is 328 Å². The van der Waals surface area contributed by atoms with Gasteiger partial charge in [-0.3, -0.25) is 33.8 Å². The Morgan fingerprint density at radius 3 is 2.11 bits per heavy atom. The van der Waals surface area contributed by atoms with Gasteiger partial charge in [0.2, 0.25) is 5.91 Å². The molecular formula is C38H43BrN8O7S. The molecule has 0 bridgehead atoms. The standard InChI is InChI=1S/C38H43BrN8O7S/c1-24(28-10-14-34(15-11-28)47(51)52)43-36(48)26(3)41-23-33(22-32-7-4-5-16-40-32)45-38(50)30-19-29(20-35(21-30)46-18-6-17-42-55(46,53)54)37(49)44-25(2)27-8-12-31(39)13-9-27/h4-5,7-16,19-21,24-26,33,41-42H,6,17-18,22-23H2,1-3H3,(H,43,48)(H,44,49)(H,45,50)/t24-,25-,26+,33+/m1/s1. The number of halogens is 1. The summed E-state index contributed by atoms with van der Waals surface area (Å²) < 4.78 is 30.6. The molecule has 1 saturated heterocycles. The first-order valence-electron chi connectivity index (χ1n) is 17.7. The Hall–Kier alpha value is -5.23. The van der Waals surface area contributed by atoms with E-state index in [0.717, 1.165) is 14.3 Å². The van der Waals surface area contributed by atoms with Gasteiger partial charge in [-0.15, -0.1) is 0 Å². The molecule has 1 aromatic heterocycles. The number of carbonyl (C=O) groups is 3. The number of non-ortho nitro benzene ring substituents is 1. The van der Waals surface area contributed by atoms with Crippen molar-refractivity contribution in [3.8, 4) is 0 Å². The number of nitrogens with one attached hydrogen (secondary N) is 5. The molecule has 1 aliphatic heterocycles. The molecule has 5 rings (SSSR count). The van der Waals surface area contributed by atoms with Crippen LogP contribution < -0.4 is 30.3 Å². The lowest BCUT2D eigenvalue weighted by Crippen LogP contribution is -2.50. The molecule has 15 nitrogen and oxygen atoms in total. The predicted molar refractivity (Wildman–Crippen MR) is 212 cm³/mol. The van der Waals surface area contributed by atoms with Crippen molar-refractivity contribution in [3.63, 3.8) is 0 Å². The Balaban J connectivity index is 1.35. The van der Waals surface area contributed by atoms with E-state index < -0.39 is 51.1 Å². The number of amides is 3. The molecule has 0 aliphatic carbocycles. The minimum atomic E-state index is -3.92. The number of nitro benzene ring substituents is 1. The van der Waals surface area contributed by atoms with Crippen molar-refractivity contribution in [2.75, 3.05) is 23.9 Å². The molecule has 5 N–H and O–H groups in total. The second-order valence-electron chi connectivity index (χ2n) is 13.2. The third kappa shape index (κ3) is 11.2. The summed E-state index contributed by atoms with van der Waals surface area (Å²) in [6.07, 6.45) is 2.44. The van der Waals surface area contributed by atoms with Gasteiger partial charge in [-0.05, 0) is 80.8 Å². The Bertz CT molecular complexity index is 2110. The largest absolute Gasteiger partial charge is 0.348 e. The number of hydrogen-bond acceptors (Lipinski definition) is 9. The molecule has 1 fully saturated rings. The molecule has 4 atom stereocenters. The Kier molecular flexibility index (Phi) is 13.7. The van der Waals surface area contributed by atoms with Crippen LogP contribution in [0.1, 0.15) is 76.8 Å². The maximum atomic E-state index is 14.0. The normalized spacial score (nSPS) is 15.9. The van der Waals surface area contributed by atoms with Crippen LogP contribution in [0, 0.1) is 10.1 Å². The van der Waals surface area contributed by atoms with Gasteiger partial charge in [0.05, 0.1) is 28.7 Å². The fourth-order valence-corrected chi connectivity index (χ4v) is 7.53. The van der Waals surface area contributed by atoms with Crippen LogP contribution in [-0.2, 0) is 21.4 Å². The number of benzene rings is 3. The highest BCUT2D eigenvalue weighted by Crippen LogP contribution is 2.25. The molecule has 3 amide bonds. The summed E-state index contributed by atoms with van der Waals surface area (Å²) in [6.45, 7) is 5.84. The highest BCUT2D eigenvalue weighted by molar-refractivity contribution is 9.10. The summed E-state index contributed by atoms with van der Waals surface area (Å²) in [6, 6.07) is 21.0. The summed E-state index contributed by atoms with van der Waals surface area (Å²) in [5, 5.41) is 23.0. The molecule has 0 radical (unpaired) electrons. The molecular weight excluding hydrogens is 792 g/mol. The minimum Gasteiger partial charge on any atom is -0.348 e. The second kappa shape index (κ2) is 18.4. The van der Waals surface area contributed by atoms with E-state index in [1.165, 1.54) is 30.3 Å². The van der Waals surface area contributed by atoms with Crippen molar-refractivity contribution in [3.05, 3.63) is 134 Å². The van der Waals surface area contributed by atoms with E-state index in [9.17, 15) is 32.9 Å². The first-order chi connectivity index (χ1) is 26.2. The van der Waals surface area contributed by atoms with E-state index >= 15 is 0 Å². The van der Waals surface area contributed by atoms with Gasteiger partial charge in [0.25, 0.3) is 17.5 Å².